The normalized spacial score (nSPS) is 22.3. The van der Waals surface area contributed by atoms with Gasteiger partial charge in [-0.3, -0.25) is 0 Å². The molecule has 1 aliphatic rings. The Morgan fingerprint density at radius 3 is 2.75 bits per heavy atom. The molecule has 1 saturated heterocycles. The van der Waals surface area contributed by atoms with Gasteiger partial charge in [-0.1, -0.05) is 30.0 Å². The van der Waals surface area contributed by atoms with E-state index in [0.29, 0.717) is 6.10 Å². The van der Waals surface area contributed by atoms with E-state index in [0.717, 1.165) is 24.8 Å². The molecule has 1 fully saturated rings. The van der Waals surface area contributed by atoms with E-state index in [-0.39, 0.29) is 12.7 Å². The molecule has 0 radical (unpaired) electrons. The summed E-state index contributed by atoms with van der Waals surface area (Å²) in [5, 5.41) is 8.65. The maximum Gasteiger partial charge on any atom is 0.145 e. The summed E-state index contributed by atoms with van der Waals surface area (Å²) in [6, 6.07) is 9.94. The standard InChI is InChI=1S/C14H16O2/c15-11-5-4-8-13-14(16-13)10-9-12-6-2-1-3-7-12/h1-3,6-7,13-15H,4-5,8,11H2/t13-,14-/m1/s1. The molecule has 0 saturated carbocycles. The Hall–Kier alpha value is -1.30. The van der Waals surface area contributed by atoms with Crippen molar-refractivity contribution in [2.24, 2.45) is 0 Å². The Labute approximate surface area is 96.3 Å². The molecule has 2 heteroatoms. The van der Waals surface area contributed by atoms with Crippen molar-refractivity contribution >= 4 is 0 Å². The predicted molar refractivity (Wildman–Crippen MR) is 62.9 cm³/mol. The molecule has 1 aromatic carbocycles. The quantitative estimate of drug-likeness (QED) is 0.474. The average Bonchev–Trinajstić information content (AvgIpc) is 3.07. The number of aliphatic hydroxyl groups is 1. The molecule has 2 atom stereocenters. The van der Waals surface area contributed by atoms with E-state index in [4.69, 9.17) is 9.84 Å². The third-order valence-electron chi connectivity index (χ3n) is 2.61. The number of aliphatic hydroxyl groups excluding tert-OH is 1. The van der Waals surface area contributed by atoms with Gasteiger partial charge < -0.3 is 9.84 Å². The van der Waals surface area contributed by atoms with Gasteiger partial charge in [-0.15, -0.1) is 0 Å². The molecule has 16 heavy (non-hydrogen) atoms. The second kappa shape index (κ2) is 5.69. The molecule has 2 rings (SSSR count). The van der Waals surface area contributed by atoms with Crippen LogP contribution in [0, 0.1) is 11.8 Å². The first kappa shape index (κ1) is 11.2. The first-order valence-electron chi connectivity index (χ1n) is 5.73. The van der Waals surface area contributed by atoms with Crippen LogP contribution in [0.3, 0.4) is 0 Å². The number of unbranched alkanes of at least 4 members (excludes halogenated alkanes) is 1. The second-order valence-corrected chi connectivity index (χ2v) is 3.95. The van der Waals surface area contributed by atoms with Crippen LogP contribution in [0.1, 0.15) is 24.8 Å². The van der Waals surface area contributed by atoms with Gasteiger partial charge in [0.2, 0.25) is 0 Å². The molecule has 1 aliphatic heterocycles. The highest BCUT2D eigenvalue weighted by Crippen LogP contribution is 2.26. The summed E-state index contributed by atoms with van der Waals surface area (Å²) < 4.78 is 5.43. The van der Waals surface area contributed by atoms with Crippen molar-refractivity contribution in [2.45, 2.75) is 31.5 Å². The van der Waals surface area contributed by atoms with E-state index in [2.05, 4.69) is 11.8 Å². The van der Waals surface area contributed by atoms with E-state index in [1.54, 1.807) is 0 Å². The maximum atomic E-state index is 8.65. The molecule has 0 aliphatic carbocycles. The first-order chi connectivity index (χ1) is 7.90. The Bertz CT molecular complexity index is 375. The van der Waals surface area contributed by atoms with E-state index in [1.807, 2.05) is 30.3 Å². The SMILES string of the molecule is OCCCC[C@H]1O[C@@H]1C#Cc1ccccc1. The van der Waals surface area contributed by atoms with Crippen molar-refractivity contribution in [3.05, 3.63) is 35.9 Å². The maximum absolute atomic E-state index is 8.65. The lowest BCUT2D eigenvalue weighted by Gasteiger charge is -1.91. The summed E-state index contributed by atoms with van der Waals surface area (Å²) in [4.78, 5) is 0. The number of rotatable bonds is 4. The fourth-order valence-corrected chi connectivity index (χ4v) is 1.62. The number of benzene rings is 1. The highest BCUT2D eigenvalue weighted by molar-refractivity contribution is 5.35. The fourth-order valence-electron chi connectivity index (χ4n) is 1.62. The van der Waals surface area contributed by atoms with E-state index < -0.39 is 0 Å². The molecule has 0 aromatic heterocycles. The average molecular weight is 216 g/mol. The summed E-state index contributed by atoms with van der Waals surface area (Å²) in [5.41, 5.74) is 1.03. The fraction of sp³-hybridized carbons (Fsp3) is 0.429. The zero-order chi connectivity index (χ0) is 11.2. The lowest BCUT2D eigenvalue weighted by molar-refractivity contribution is 0.278. The minimum Gasteiger partial charge on any atom is -0.396 e. The zero-order valence-corrected chi connectivity index (χ0v) is 9.23. The lowest BCUT2D eigenvalue weighted by Crippen LogP contribution is -1.92. The van der Waals surface area contributed by atoms with E-state index >= 15 is 0 Å². The molecule has 1 heterocycles. The second-order valence-electron chi connectivity index (χ2n) is 3.95. The molecule has 2 nitrogen and oxygen atoms in total. The van der Waals surface area contributed by atoms with Crippen LogP contribution in [0.25, 0.3) is 0 Å². The highest BCUT2D eigenvalue weighted by Gasteiger charge is 2.36. The molecule has 0 unspecified atom stereocenters. The van der Waals surface area contributed by atoms with Crippen molar-refractivity contribution in [2.75, 3.05) is 6.61 Å². The largest absolute Gasteiger partial charge is 0.396 e. The third-order valence-corrected chi connectivity index (χ3v) is 2.61. The van der Waals surface area contributed by atoms with Crippen molar-refractivity contribution in [3.63, 3.8) is 0 Å². The van der Waals surface area contributed by atoms with Gasteiger partial charge in [-0.05, 0) is 31.4 Å². The molecule has 0 spiro atoms. The molecule has 1 N–H and O–H groups in total. The number of hydrogen-bond donors (Lipinski definition) is 1. The summed E-state index contributed by atoms with van der Waals surface area (Å²) in [6.45, 7) is 0.271. The van der Waals surface area contributed by atoms with Crippen LogP contribution in [0.15, 0.2) is 30.3 Å². The molecule has 84 valence electrons. The van der Waals surface area contributed by atoms with Crippen LogP contribution in [0.4, 0.5) is 0 Å². The van der Waals surface area contributed by atoms with Crippen LogP contribution in [-0.2, 0) is 4.74 Å². The summed E-state index contributed by atoms with van der Waals surface area (Å²) in [7, 11) is 0. The van der Waals surface area contributed by atoms with Gasteiger partial charge in [0, 0.05) is 12.2 Å². The zero-order valence-electron chi connectivity index (χ0n) is 9.23. The number of ether oxygens (including phenoxy) is 1. The number of hydrogen-bond acceptors (Lipinski definition) is 2. The van der Waals surface area contributed by atoms with E-state index in [1.165, 1.54) is 0 Å². The van der Waals surface area contributed by atoms with Crippen molar-refractivity contribution in [3.8, 4) is 11.8 Å². The third kappa shape index (κ3) is 3.37. The molecular formula is C14H16O2. The van der Waals surface area contributed by atoms with Gasteiger partial charge in [0.15, 0.2) is 0 Å². The lowest BCUT2D eigenvalue weighted by atomic mass is 10.1. The Balaban J connectivity index is 1.75. The number of epoxide rings is 1. The van der Waals surface area contributed by atoms with Crippen LogP contribution < -0.4 is 0 Å². The van der Waals surface area contributed by atoms with Gasteiger partial charge >= 0.3 is 0 Å². The van der Waals surface area contributed by atoms with Crippen molar-refractivity contribution < 1.29 is 9.84 Å². The monoisotopic (exact) mass is 216 g/mol. The van der Waals surface area contributed by atoms with Gasteiger partial charge in [0.05, 0.1) is 6.10 Å². The van der Waals surface area contributed by atoms with Crippen molar-refractivity contribution in [1.82, 2.24) is 0 Å². The van der Waals surface area contributed by atoms with Crippen molar-refractivity contribution in [1.29, 1.82) is 0 Å². The summed E-state index contributed by atoms with van der Waals surface area (Å²) in [6.07, 6.45) is 3.29. The Morgan fingerprint density at radius 2 is 2.00 bits per heavy atom. The Kier molecular flexibility index (Phi) is 3.98. The van der Waals surface area contributed by atoms with Crippen LogP contribution in [-0.4, -0.2) is 23.9 Å². The van der Waals surface area contributed by atoms with E-state index in [9.17, 15) is 0 Å². The molecule has 0 bridgehead atoms. The molecular weight excluding hydrogens is 200 g/mol. The minimum atomic E-state index is 0.110. The summed E-state index contributed by atoms with van der Waals surface area (Å²) >= 11 is 0. The van der Waals surface area contributed by atoms with Crippen LogP contribution in [0.2, 0.25) is 0 Å². The first-order valence-corrected chi connectivity index (χ1v) is 5.73. The van der Waals surface area contributed by atoms with Crippen LogP contribution in [0.5, 0.6) is 0 Å². The predicted octanol–water partition coefficient (Wildman–Crippen LogP) is 1.97. The summed E-state index contributed by atoms with van der Waals surface area (Å²) in [5.74, 6) is 6.22. The van der Waals surface area contributed by atoms with Gasteiger partial charge in [-0.2, -0.15) is 0 Å². The minimum absolute atomic E-state index is 0.110. The smallest absolute Gasteiger partial charge is 0.145 e. The van der Waals surface area contributed by atoms with Gasteiger partial charge in [-0.25, -0.2) is 0 Å². The molecule has 0 amide bonds. The van der Waals surface area contributed by atoms with Gasteiger partial charge in [0.25, 0.3) is 0 Å². The topological polar surface area (TPSA) is 32.8 Å². The van der Waals surface area contributed by atoms with Crippen LogP contribution >= 0.6 is 0 Å². The Morgan fingerprint density at radius 1 is 1.19 bits per heavy atom. The highest BCUT2D eigenvalue weighted by atomic mass is 16.6. The van der Waals surface area contributed by atoms with Gasteiger partial charge in [0.1, 0.15) is 6.10 Å². The molecule has 1 aromatic rings.